The summed E-state index contributed by atoms with van der Waals surface area (Å²) in [5.41, 5.74) is 5.59. The molecule has 4 nitrogen and oxygen atoms in total. The molecule has 0 atom stereocenters. The number of aryl methyl sites for hydroxylation is 1. The van der Waals surface area contributed by atoms with Crippen molar-refractivity contribution in [1.29, 1.82) is 0 Å². The van der Waals surface area contributed by atoms with Gasteiger partial charge in [-0.2, -0.15) is 0 Å². The normalized spacial score (nSPS) is 12.0. The number of carbonyl (C=O) groups excluding carboxylic acids is 2. The first-order chi connectivity index (χ1) is 13.2. The summed E-state index contributed by atoms with van der Waals surface area (Å²) in [6.07, 6.45) is 2.50. The third kappa shape index (κ3) is 9.71. The summed E-state index contributed by atoms with van der Waals surface area (Å²) in [4.78, 5) is 18.5. The van der Waals surface area contributed by atoms with Crippen molar-refractivity contribution < 1.29 is 9.59 Å². The van der Waals surface area contributed by atoms with Gasteiger partial charge in [-0.25, -0.2) is 0 Å². The van der Waals surface area contributed by atoms with E-state index in [2.05, 4.69) is 79.5 Å². The van der Waals surface area contributed by atoms with E-state index in [1.54, 1.807) is 5.56 Å². The highest BCUT2D eigenvalue weighted by atomic mass is 16.1. The molecule has 1 heterocycles. The molecule has 0 amide bonds. The van der Waals surface area contributed by atoms with E-state index in [0.29, 0.717) is 0 Å². The molecular formula is C23H34N2O2. The van der Waals surface area contributed by atoms with Crippen LogP contribution in [0.1, 0.15) is 37.0 Å². The lowest BCUT2D eigenvalue weighted by Gasteiger charge is -2.28. The van der Waals surface area contributed by atoms with Crippen molar-refractivity contribution in [2.24, 2.45) is 0 Å². The Morgan fingerprint density at radius 2 is 1.52 bits per heavy atom. The molecule has 148 valence electrons. The van der Waals surface area contributed by atoms with Crippen molar-refractivity contribution in [3.8, 4) is 0 Å². The molecule has 0 saturated heterocycles. The van der Waals surface area contributed by atoms with Gasteiger partial charge in [0, 0.05) is 25.3 Å². The summed E-state index contributed by atoms with van der Waals surface area (Å²) < 4.78 is 0. The quantitative estimate of drug-likeness (QED) is 0.860. The Labute approximate surface area is 164 Å². The highest BCUT2D eigenvalue weighted by molar-refractivity contribution is 5.44. The third-order valence-electron chi connectivity index (χ3n) is 4.18. The van der Waals surface area contributed by atoms with Crippen LogP contribution in [0.3, 0.4) is 0 Å². The van der Waals surface area contributed by atoms with Gasteiger partial charge in [0.25, 0.3) is 0 Å². The molecule has 2 aromatic rings. The van der Waals surface area contributed by atoms with Crippen molar-refractivity contribution in [3.63, 3.8) is 0 Å². The van der Waals surface area contributed by atoms with Gasteiger partial charge in [-0.05, 0) is 56.5 Å². The molecule has 0 saturated carbocycles. The maximum absolute atomic E-state index is 8.00. The van der Waals surface area contributed by atoms with Crippen LogP contribution in [-0.2, 0) is 22.6 Å². The van der Waals surface area contributed by atoms with Crippen LogP contribution in [0.4, 0.5) is 5.69 Å². The van der Waals surface area contributed by atoms with Gasteiger partial charge in [0.05, 0.1) is 0 Å². The monoisotopic (exact) mass is 370 g/mol. The van der Waals surface area contributed by atoms with Gasteiger partial charge in [-0.3, -0.25) is 4.90 Å². The van der Waals surface area contributed by atoms with E-state index in [4.69, 9.17) is 9.59 Å². The van der Waals surface area contributed by atoms with E-state index in [-0.39, 0.29) is 0 Å². The van der Waals surface area contributed by atoms with Gasteiger partial charge < -0.3 is 14.9 Å². The van der Waals surface area contributed by atoms with E-state index in [0.717, 1.165) is 13.1 Å². The summed E-state index contributed by atoms with van der Waals surface area (Å²) >= 11 is 0. The standard InChI is InChI=1S/C12H17N.C9H13N.2CH2O/c1-2-8-13-9-7-11-5-3-4-6-12(11)10-13;1-3-10-9-6-4-8(2)5-7-9;2*1-2/h3-6H,2,7-10H2,1H3;4-7,10H,3H2,1-2H3;2*1H2. The first-order valence-electron chi connectivity index (χ1n) is 9.40. The summed E-state index contributed by atoms with van der Waals surface area (Å²) in [6.45, 7) is 15.1. The summed E-state index contributed by atoms with van der Waals surface area (Å²) in [5, 5.41) is 3.23. The SMILES string of the molecule is C=O.C=O.CCCN1CCc2ccccc2C1.CCNc1ccc(C)cc1. The van der Waals surface area contributed by atoms with E-state index >= 15 is 0 Å². The van der Waals surface area contributed by atoms with Gasteiger partial charge in [0.1, 0.15) is 13.6 Å². The van der Waals surface area contributed by atoms with Gasteiger partial charge in [-0.15, -0.1) is 0 Å². The minimum atomic E-state index is 0.989. The lowest BCUT2D eigenvalue weighted by Crippen LogP contribution is -2.30. The number of hydrogen-bond donors (Lipinski definition) is 1. The fourth-order valence-electron chi connectivity index (χ4n) is 2.94. The largest absolute Gasteiger partial charge is 0.385 e. The number of nitrogens with zero attached hydrogens (tertiary/aromatic N) is 1. The van der Waals surface area contributed by atoms with Crippen molar-refractivity contribution >= 4 is 19.3 Å². The predicted molar refractivity (Wildman–Crippen MR) is 115 cm³/mol. The highest BCUT2D eigenvalue weighted by Gasteiger charge is 2.13. The van der Waals surface area contributed by atoms with Crippen LogP contribution >= 0.6 is 0 Å². The van der Waals surface area contributed by atoms with Crippen LogP contribution in [0.2, 0.25) is 0 Å². The van der Waals surface area contributed by atoms with E-state index < -0.39 is 0 Å². The second kappa shape index (κ2) is 15.8. The summed E-state index contributed by atoms with van der Waals surface area (Å²) in [7, 11) is 0. The Kier molecular flexibility index (Phi) is 14.3. The fourth-order valence-corrected chi connectivity index (χ4v) is 2.94. The van der Waals surface area contributed by atoms with E-state index in [1.165, 1.54) is 42.7 Å². The molecule has 1 aliphatic heterocycles. The summed E-state index contributed by atoms with van der Waals surface area (Å²) in [6, 6.07) is 17.2. The van der Waals surface area contributed by atoms with Crippen molar-refractivity contribution in [1.82, 2.24) is 4.90 Å². The zero-order valence-electron chi connectivity index (χ0n) is 17.0. The fraction of sp³-hybridized carbons (Fsp3) is 0.391. The van der Waals surface area contributed by atoms with E-state index in [9.17, 15) is 0 Å². The van der Waals surface area contributed by atoms with Gasteiger partial charge in [-0.1, -0.05) is 48.9 Å². The molecule has 0 bridgehead atoms. The highest BCUT2D eigenvalue weighted by Crippen LogP contribution is 2.18. The van der Waals surface area contributed by atoms with Crippen molar-refractivity contribution in [3.05, 3.63) is 65.2 Å². The molecule has 0 unspecified atom stereocenters. The zero-order chi connectivity index (χ0) is 20.5. The number of carbonyl (C=O) groups is 2. The Morgan fingerprint density at radius 3 is 2.07 bits per heavy atom. The molecular weight excluding hydrogens is 336 g/mol. The average molecular weight is 371 g/mol. The molecule has 27 heavy (non-hydrogen) atoms. The lowest BCUT2D eigenvalue weighted by atomic mass is 10.00. The number of hydrogen-bond acceptors (Lipinski definition) is 4. The maximum Gasteiger partial charge on any atom is 0.106 e. The Hall–Kier alpha value is -2.46. The molecule has 1 aliphatic rings. The molecule has 0 radical (unpaired) electrons. The Morgan fingerprint density at radius 1 is 0.926 bits per heavy atom. The van der Waals surface area contributed by atoms with Gasteiger partial charge in [0.2, 0.25) is 0 Å². The van der Waals surface area contributed by atoms with Crippen LogP contribution in [0, 0.1) is 6.92 Å². The molecule has 0 fully saturated rings. The molecule has 2 aromatic carbocycles. The number of rotatable bonds is 4. The van der Waals surface area contributed by atoms with Crippen LogP contribution < -0.4 is 5.32 Å². The van der Waals surface area contributed by atoms with E-state index in [1.807, 2.05) is 13.6 Å². The van der Waals surface area contributed by atoms with Crippen LogP contribution in [0.25, 0.3) is 0 Å². The molecule has 3 rings (SSSR count). The molecule has 0 spiro atoms. The first kappa shape index (κ1) is 24.5. The minimum absolute atomic E-state index is 0.989. The van der Waals surface area contributed by atoms with Crippen molar-refractivity contribution in [2.45, 2.75) is 40.2 Å². The lowest BCUT2D eigenvalue weighted by molar-refractivity contribution is -0.0987. The molecule has 0 aromatic heterocycles. The Bertz CT molecular complexity index is 612. The van der Waals surface area contributed by atoms with Gasteiger partial charge in [0.15, 0.2) is 0 Å². The summed E-state index contributed by atoms with van der Waals surface area (Å²) in [5.74, 6) is 0. The number of nitrogens with one attached hydrogen (secondary N) is 1. The number of anilines is 1. The Balaban J connectivity index is 0.000000434. The van der Waals surface area contributed by atoms with Crippen molar-refractivity contribution in [2.75, 3.05) is 25.0 Å². The topological polar surface area (TPSA) is 49.4 Å². The number of fused-ring (bicyclic) bond motifs is 1. The average Bonchev–Trinajstić information content (AvgIpc) is 2.74. The van der Waals surface area contributed by atoms with Gasteiger partial charge >= 0.3 is 0 Å². The maximum atomic E-state index is 8.00. The zero-order valence-corrected chi connectivity index (χ0v) is 17.0. The minimum Gasteiger partial charge on any atom is -0.385 e. The third-order valence-corrected chi connectivity index (χ3v) is 4.18. The van der Waals surface area contributed by atoms with Crippen LogP contribution in [-0.4, -0.2) is 38.1 Å². The predicted octanol–water partition coefficient (Wildman–Crippen LogP) is 4.51. The van der Waals surface area contributed by atoms with Crippen LogP contribution in [0.15, 0.2) is 48.5 Å². The second-order valence-electron chi connectivity index (χ2n) is 6.19. The molecule has 1 N–H and O–H groups in total. The first-order valence-corrected chi connectivity index (χ1v) is 9.40. The second-order valence-corrected chi connectivity index (χ2v) is 6.19. The molecule has 0 aliphatic carbocycles. The molecule has 4 heteroatoms. The number of benzene rings is 2. The smallest absolute Gasteiger partial charge is 0.106 e. The van der Waals surface area contributed by atoms with Crippen LogP contribution in [0.5, 0.6) is 0 Å².